The number of aryl methyl sites for hydroxylation is 1. The van der Waals surface area contributed by atoms with Crippen LogP contribution in [0.4, 0.5) is 5.82 Å². The number of aliphatic hydroxyl groups excluding tert-OH is 1. The Hall–Kier alpha value is -3.67. The highest BCUT2D eigenvalue weighted by Crippen LogP contribution is 2.42. The molecule has 0 unspecified atom stereocenters. The van der Waals surface area contributed by atoms with Crippen LogP contribution in [0.25, 0.3) is 22.2 Å². The van der Waals surface area contributed by atoms with E-state index in [-0.39, 0.29) is 17.9 Å². The van der Waals surface area contributed by atoms with Crippen LogP contribution in [-0.4, -0.2) is 73.7 Å². The number of anilines is 1. The van der Waals surface area contributed by atoms with Crippen LogP contribution in [0.1, 0.15) is 36.4 Å². The van der Waals surface area contributed by atoms with E-state index in [1.165, 1.54) is 30.8 Å². The molecule has 8 nitrogen and oxygen atoms in total. The number of fused-ring (bicyclic) bond motifs is 1. The molecule has 4 heterocycles. The summed E-state index contributed by atoms with van der Waals surface area (Å²) in [5.41, 5.74) is 11.4. The molecule has 2 aromatic heterocycles. The van der Waals surface area contributed by atoms with Gasteiger partial charge in [0.05, 0.1) is 11.5 Å². The maximum Gasteiger partial charge on any atom is 0.246 e. The van der Waals surface area contributed by atoms with Gasteiger partial charge in [-0.1, -0.05) is 36.8 Å². The van der Waals surface area contributed by atoms with Gasteiger partial charge in [-0.15, -0.1) is 0 Å². The number of benzene rings is 1. The predicted octanol–water partition coefficient (Wildman–Crippen LogP) is 2.53. The number of amides is 1. The summed E-state index contributed by atoms with van der Waals surface area (Å²) >= 11 is 0. The molecule has 3 aromatic rings. The molecule has 1 amide bonds. The zero-order chi connectivity index (χ0) is 25.7. The molecule has 0 radical (unpaired) electrons. The summed E-state index contributed by atoms with van der Waals surface area (Å²) in [7, 11) is 1.97. The zero-order valence-electron chi connectivity index (χ0n) is 21.1. The molecule has 3 aliphatic rings. The minimum atomic E-state index is -0.559. The fraction of sp³-hybridized carbons (Fsp3) is 0.414. The van der Waals surface area contributed by atoms with Crippen LogP contribution in [-0.2, 0) is 11.8 Å². The van der Waals surface area contributed by atoms with Gasteiger partial charge in [-0.05, 0) is 48.3 Å². The first kappa shape index (κ1) is 23.7. The molecule has 190 valence electrons. The number of aliphatic hydroxyl groups is 1. The normalized spacial score (nSPS) is 22.4. The Balaban J connectivity index is 1.23. The van der Waals surface area contributed by atoms with Gasteiger partial charge >= 0.3 is 0 Å². The van der Waals surface area contributed by atoms with Crippen LogP contribution < -0.4 is 5.73 Å². The Kier molecular flexibility index (Phi) is 5.98. The molecule has 3 fully saturated rings. The molecule has 2 aliphatic heterocycles. The van der Waals surface area contributed by atoms with Crippen molar-refractivity contribution < 1.29 is 9.90 Å². The highest BCUT2D eigenvalue weighted by molar-refractivity contribution is 6.03. The van der Waals surface area contributed by atoms with Gasteiger partial charge < -0.3 is 20.3 Å². The molecule has 37 heavy (non-hydrogen) atoms. The van der Waals surface area contributed by atoms with Crippen molar-refractivity contribution >= 4 is 22.8 Å². The molecule has 8 heteroatoms. The number of nitrogen functional groups attached to an aromatic ring is 1. The number of likely N-dealkylation sites (tertiary alicyclic amines) is 2. The van der Waals surface area contributed by atoms with Crippen LogP contribution in [0.5, 0.6) is 0 Å². The molecule has 6 rings (SSSR count). The fourth-order valence-electron chi connectivity index (χ4n) is 5.76. The summed E-state index contributed by atoms with van der Waals surface area (Å²) in [4.78, 5) is 24.6. The Morgan fingerprint density at radius 3 is 2.59 bits per heavy atom. The lowest BCUT2D eigenvalue weighted by Crippen LogP contribution is -2.61. The number of nitrogens with zero attached hydrogens (tertiary/aromatic N) is 5. The summed E-state index contributed by atoms with van der Waals surface area (Å²) in [6, 6.07) is 8.81. The van der Waals surface area contributed by atoms with Gasteiger partial charge in [-0.25, -0.2) is 9.97 Å². The molecule has 2 atom stereocenters. The third-order valence-electron chi connectivity index (χ3n) is 8.05. The van der Waals surface area contributed by atoms with E-state index in [1.54, 1.807) is 4.90 Å². The highest BCUT2D eigenvalue weighted by Gasteiger charge is 2.38. The number of hydrogen-bond donors (Lipinski definition) is 2. The molecule has 3 N–H and O–H groups in total. The van der Waals surface area contributed by atoms with Gasteiger partial charge in [0, 0.05) is 50.7 Å². The molecular formula is C29H32N6O2. The van der Waals surface area contributed by atoms with Gasteiger partial charge in [-0.3, -0.25) is 9.69 Å². The number of piperidine rings is 1. The monoisotopic (exact) mass is 496 g/mol. The largest absolute Gasteiger partial charge is 0.390 e. The van der Waals surface area contributed by atoms with Gasteiger partial charge in [0.25, 0.3) is 0 Å². The Morgan fingerprint density at radius 2 is 1.92 bits per heavy atom. The highest BCUT2D eigenvalue weighted by atomic mass is 16.3. The third-order valence-corrected chi connectivity index (χ3v) is 8.05. The van der Waals surface area contributed by atoms with Crippen molar-refractivity contribution in [2.24, 2.45) is 13.0 Å². The molecule has 1 aromatic carbocycles. The summed E-state index contributed by atoms with van der Waals surface area (Å²) in [6.07, 6.45) is 5.54. The lowest BCUT2D eigenvalue weighted by molar-refractivity contribution is -0.132. The number of rotatable bonds is 4. The molecule has 0 spiro atoms. The molecule has 1 saturated carbocycles. The lowest BCUT2D eigenvalue weighted by atomic mass is 9.91. The van der Waals surface area contributed by atoms with E-state index < -0.39 is 6.10 Å². The van der Waals surface area contributed by atoms with E-state index >= 15 is 0 Å². The SMILES string of the molecule is C=CC(=O)N1CC[C@@H](N2CC(C#Cc3c(-c4ccc(C5CC5)cc4)c4c(N)ncnc4n3C)C2)[C@@H](O)C1. The molecule has 1 aliphatic carbocycles. The smallest absolute Gasteiger partial charge is 0.246 e. The zero-order valence-corrected chi connectivity index (χ0v) is 21.1. The second-order valence-corrected chi connectivity index (χ2v) is 10.5. The first-order valence-electron chi connectivity index (χ1n) is 13.0. The topological polar surface area (TPSA) is 101 Å². The summed E-state index contributed by atoms with van der Waals surface area (Å²) < 4.78 is 2.01. The van der Waals surface area contributed by atoms with Crippen molar-refractivity contribution in [2.75, 3.05) is 31.9 Å². The van der Waals surface area contributed by atoms with E-state index in [9.17, 15) is 9.90 Å². The molecule has 2 saturated heterocycles. The first-order chi connectivity index (χ1) is 17.9. The van der Waals surface area contributed by atoms with E-state index in [1.807, 2.05) is 11.6 Å². The van der Waals surface area contributed by atoms with Crippen LogP contribution in [0.15, 0.2) is 43.2 Å². The molecular weight excluding hydrogens is 464 g/mol. The average molecular weight is 497 g/mol. The predicted molar refractivity (Wildman–Crippen MR) is 143 cm³/mol. The van der Waals surface area contributed by atoms with Crippen LogP contribution in [0, 0.1) is 17.8 Å². The second kappa shape index (κ2) is 9.33. The van der Waals surface area contributed by atoms with Gasteiger partial charge in [0.15, 0.2) is 0 Å². The van der Waals surface area contributed by atoms with Crippen molar-refractivity contribution in [1.82, 2.24) is 24.3 Å². The van der Waals surface area contributed by atoms with Gasteiger partial charge in [0.1, 0.15) is 23.5 Å². The number of β-amino-alcohol motifs (C(OH)–C–C–N with tert-alkyl or cyclic N) is 1. The van der Waals surface area contributed by atoms with Crippen molar-refractivity contribution in [3.63, 3.8) is 0 Å². The summed E-state index contributed by atoms with van der Waals surface area (Å²) in [5, 5.41) is 11.5. The maximum absolute atomic E-state index is 11.9. The number of carbonyl (C=O) groups is 1. The third kappa shape index (κ3) is 4.28. The standard InChI is InChI=1S/C29H32N6O2/c1-3-25(37)34-13-12-22(24(36)16-34)35-14-18(15-35)4-11-23-26(21-9-7-20(8-10-21)19-5-6-19)27-28(30)31-17-32-29(27)33(23)2/h3,7-10,17-19,22,24,36H,1,5-6,12-16H2,2H3,(H2,30,31,32)/t22-,24+/m1/s1. The van der Waals surface area contributed by atoms with Crippen molar-refractivity contribution in [1.29, 1.82) is 0 Å². The van der Waals surface area contributed by atoms with Gasteiger partial charge in [-0.2, -0.15) is 0 Å². The Labute approximate surface area is 216 Å². The minimum absolute atomic E-state index is 0.0557. The maximum atomic E-state index is 11.9. The van der Waals surface area contributed by atoms with Crippen LogP contribution >= 0.6 is 0 Å². The van der Waals surface area contributed by atoms with E-state index in [0.29, 0.717) is 24.8 Å². The quantitative estimate of drug-likeness (QED) is 0.425. The van der Waals surface area contributed by atoms with Gasteiger partial charge in [0.2, 0.25) is 5.91 Å². The van der Waals surface area contributed by atoms with E-state index in [2.05, 4.69) is 57.6 Å². The molecule has 0 bridgehead atoms. The average Bonchev–Trinajstić information content (AvgIpc) is 3.69. The van der Waals surface area contributed by atoms with Crippen molar-refractivity contribution in [3.8, 4) is 23.0 Å². The Morgan fingerprint density at radius 1 is 1.16 bits per heavy atom. The van der Waals surface area contributed by atoms with E-state index in [0.717, 1.165) is 47.4 Å². The summed E-state index contributed by atoms with van der Waals surface area (Å²) in [5.74, 6) is 8.16. The number of carbonyl (C=O) groups excluding carboxylic acids is 1. The Bertz CT molecular complexity index is 1420. The van der Waals surface area contributed by atoms with Crippen molar-refractivity contribution in [3.05, 3.63) is 54.5 Å². The van der Waals surface area contributed by atoms with E-state index in [4.69, 9.17) is 5.73 Å². The fourth-order valence-corrected chi connectivity index (χ4v) is 5.76. The second-order valence-electron chi connectivity index (χ2n) is 10.5. The minimum Gasteiger partial charge on any atom is -0.390 e. The number of aromatic nitrogens is 3. The van der Waals surface area contributed by atoms with Crippen LogP contribution in [0.3, 0.4) is 0 Å². The van der Waals surface area contributed by atoms with Crippen molar-refractivity contribution in [2.45, 2.75) is 37.3 Å². The number of hydrogen-bond acceptors (Lipinski definition) is 6. The summed E-state index contributed by atoms with van der Waals surface area (Å²) in [6.45, 7) is 6.15. The number of nitrogens with two attached hydrogens (primary N) is 1. The first-order valence-corrected chi connectivity index (χ1v) is 13.0. The van der Waals surface area contributed by atoms with Crippen LogP contribution in [0.2, 0.25) is 0 Å². The lowest BCUT2D eigenvalue weighted by Gasteiger charge is -2.47.